The number of piperidine rings is 1. The molecule has 4 heterocycles. The molecule has 0 saturated carbocycles. The van der Waals surface area contributed by atoms with Gasteiger partial charge in [-0.3, -0.25) is 4.79 Å². The molecular formula is C23H25N5O. The zero-order valence-corrected chi connectivity index (χ0v) is 17.1. The SMILES string of the molecule is Cc1cn2nc(-c3ccc4c(=O)n(C5CCN(C)CC5)ccc4c3)cc(C)c2n1. The molecule has 1 aliphatic heterocycles. The lowest BCUT2D eigenvalue weighted by atomic mass is 10.0. The van der Waals surface area contributed by atoms with E-state index in [-0.39, 0.29) is 5.56 Å². The first-order valence-corrected chi connectivity index (χ1v) is 10.2. The Labute approximate surface area is 169 Å². The van der Waals surface area contributed by atoms with Crippen LogP contribution in [0.3, 0.4) is 0 Å². The molecule has 0 spiro atoms. The summed E-state index contributed by atoms with van der Waals surface area (Å²) in [5.41, 5.74) is 4.91. The largest absolute Gasteiger partial charge is 0.312 e. The van der Waals surface area contributed by atoms with E-state index in [2.05, 4.69) is 35.1 Å². The fraction of sp³-hybridized carbons (Fsp3) is 0.348. The topological polar surface area (TPSA) is 55.4 Å². The molecule has 1 aliphatic rings. The normalized spacial score (nSPS) is 16.1. The van der Waals surface area contributed by atoms with Crippen LogP contribution in [0.1, 0.15) is 30.1 Å². The third-order valence-electron chi connectivity index (χ3n) is 6.04. The van der Waals surface area contributed by atoms with Crippen LogP contribution in [0.15, 0.2) is 47.5 Å². The van der Waals surface area contributed by atoms with E-state index in [0.717, 1.165) is 64.9 Å². The first-order valence-electron chi connectivity index (χ1n) is 10.2. The van der Waals surface area contributed by atoms with Crippen molar-refractivity contribution in [2.75, 3.05) is 20.1 Å². The van der Waals surface area contributed by atoms with E-state index in [9.17, 15) is 4.79 Å². The van der Waals surface area contributed by atoms with Crippen molar-refractivity contribution in [1.29, 1.82) is 0 Å². The Kier molecular flexibility index (Phi) is 4.24. The molecule has 0 bridgehead atoms. The smallest absolute Gasteiger partial charge is 0.258 e. The number of pyridine rings is 1. The maximum absolute atomic E-state index is 13.1. The predicted octanol–water partition coefficient (Wildman–Crippen LogP) is 3.59. The highest BCUT2D eigenvalue weighted by atomic mass is 16.1. The zero-order chi connectivity index (χ0) is 20.1. The highest BCUT2D eigenvalue weighted by molar-refractivity contribution is 5.86. The minimum absolute atomic E-state index is 0.105. The number of imidazole rings is 1. The van der Waals surface area contributed by atoms with E-state index in [0.29, 0.717) is 6.04 Å². The minimum Gasteiger partial charge on any atom is -0.312 e. The molecule has 0 N–H and O–H groups in total. The minimum atomic E-state index is 0.105. The van der Waals surface area contributed by atoms with Crippen molar-refractivity contribution >= 4 is 16.4 Å². The van der Waals surface area contributed by atoms with Gasteiger partial charge >= 0.3 is 0 Å². The quantitative estimate of drug-likeness (QED) is 0.527. The van der Waals surface area contributed by atoms with Gasteiger partial charge in [0, 0.05) is 23.2 Å². The van der Waals surface area contributed by atoms with Crippen molar-refractivity contribution < 1.29 is 0 Å². The Bertz CT molecular complexity index is 1280. The fourth-order valence-electron chi connectivity index (χ4n) is 4.37. The summed E-state index contributed by atoms with van der Waals surface area (Å²) < 4.78 is 3.76. The van der Waals surface area contributed by atoms with Crippen molar-refractivity contribution in [3.05, 3.63) is 64.3 Å². The summed E-state index contributed by atoms with van der Waals surface area (Å²) in [5, 5.41) is 6.45. The average Bonchev–Trinajstić information content (AvgIpc) is 3.10. The van der Waals surface area contributed by atoms with Crippen LogP contribution in [0.25, 0.3) is 27.7 Å². The summed E-state index contributed by atoms with van der Waals surface area (Å²) in [6.45, 7) is 6.10. The first kappa shape index (κ1) is 18.1. The van der Waals surface area contributed by atoms with Crippen molar-refractivity contribution in [3.8, 4) is 11.3 Å². The lowest BCUT2D eigenvalue weighted by Crippen LogP contribution is -2.35. The molecule has 1 fully saturated rings. The van der Waals surface area contributed by atoms with Gasteiger partial charge in [-0.1, -0.05) is 6.07 Å². The molecule has 0 aliphatic carbocycles. The molecule has 3 aromatic heterocycles. The Morgan fingerprint density at radius 1 is 1.07 bits per heavy atom. The number of hydrogen-bond donors (Lipinski definition) is 0. The van der Waals surface area contributed by atoms with E-state index >= 15 is 0 Å². The number of likely N-dealkylation sites (tertiary alicyclic amines) is 1. The lowest BCUT2D eigenvalue weighted by molar-refractivity contribution is 0.219. The second kappa shape index (κ2) is 6.81. The number of fused-ring (bicyclic) bond motifs is 2. The van der Waals surface area contributed by atoms with Gasteiger partial charge in [-0.2, -0.15) is 5.10 Å². The molecule has 29 heavy (non-hydrogen) atoms. The molecule has 148 valence electrons. The highest BCUT2D eigenvalue weighted by Gasteiger charge is 2.19. The summed E-state index contributed by atoms with van der Waals surface area (Å²) in [7, 11) is 2.14. The second-order valence-electron chi connectivity index (χ2n) is 8.23. The van der Waals surface area contributed by atoms with Crippen LogP contribution in [0, 0.1) is 13.8 Å². The molecule has 0 radical (unpaired) electrons. The molecule has 6 heteroatoms. The van der Waals surface area contributed by atoms with Crippen LogP contribution in [0.2, 0.25) is 0 Å². The van der Waals surface area contributed by atoms with Crippen molar-refractivity contribution in [2.24, 2.45) is 0 Å². The van der Waals surface area contributed by atoms with Crippen LogP contribution < -0.4 is 5.56 Å². The van der Waals surface area contributed by atoms with Gasteiger partial charge in [0.25, 0.3) is 5.56 Å². The van der Waals surface area contributed by atoms with Gasteiger partial charge in [-0.25, -0.2) is 9.50 Å². The summed E-state index contributed by atoms with van der Waals surface area (Å²) in [6, 6.07) is 10.4. The summed E-state index contributed by atoms with van der Waals surface area (Å²) >= 11 is 0. The molecule has 0 unspecified atom stereocenters. The second-order valence-corrected chi connectivity index (χ2v) is 8.23. The molecule has 1 aromatic carbocycles. The number of nitrogens with zero attached hydrogens (tertiary/aromatic N) is 5. The molecule has 0 amide bonds. The predicted molar refractivity (Wildman–Crippen MR) is 115 cm³/mol. The van der Waals surface area contributed by atoms with Gasteiger partial charge in [0.1, 0.15) is 0 Å². The van der Waals surface area contributed by atoms with Crippen LogP contribution in [-0.2, 0) is 0 Å². The standard InChI is InChI=1S/C23H25N5O/c1-15-12-21(25-28-14-16(2)24-22(15)28)18-4-5-20-17(13-18)6-11-27(23(20)29)19-7-9-26(3)10-8-19/h4-6,11-14,19H,7-10H2,1-3H3. The Morgan fingerprint density at radius 3 is 2.66 bits per heavy atom. The van der Waals surface area contributed by atoms with Gasteiger partial charge in [-0.15, -0.1) is 0 Å². The van der Waals surface area contributed by atoms with Crippen molar-refractivity contribution in [3.63, 3.8) is 0 Å². The van der Waals surface area contributed by atoms with Gasteiger partial charge in [0.05, 0.1) is 17.6 Å². The fourth-order valence-corrected chi connectivity index (χ4v) is 4.37. The summed E-state index contributed by atoms with van der Waals surface area (Å²) in [5.74, 6) is 0. The van der Waals surface area contributed by atoms with E-state index < -0.39 is 0 Å². The number of benzene rings is 1. The number of aryl methyl sites for hydroxylation is 2. The first-order chi connectivity index (χ1) is 14.0. The van der Waals surface area contributed by atoms with Gasteiger partial charge < -0.3 is 9.47 Å². The molecule has 5 rings (SSSR count). The van der Waals surface area contributed by atoms with Crippen LogP contribution >= 0.6 is 0 Å². The zero-order valence-electron chi connectivity index (χ0n) is 17.1. The molecule has 1 saturated heterocycles. The van der Waals surface area contributed by atoms with E-state index in [1.807, 2.05) is 47.5 Å². The summed E-state index contributed by atoms with van der Waals surface area (Å²) in [4.78, 5) is 20.0. The summed E-state index contributed by atoms with van der Waals surface area (Å²) in [6.07, 6.45) is 5.94. The van der Waals surface area contributed by atoms with Crippen LogP contribution in [0.5, 0.6) is 0 Å². The van der Waals surface area contributed by atoms with E-state index in [4.69, 9.17) is 5.10 Å². The maximum atomic E-state index is 13.1. The monoisotopic (exact) mass is 387 g/mol. The molecular weight excluding hydrogens is 362 g/mol. The Balaban J connectivity index is 1.56. The number of aromatic nitrogens is 4. The third kappa shape index (κ3) is 3.13. The number of hydrogen-bond acceptors (Lipinski definition) is 4. The van der Waals surface area contributed by atoms with Gasteiger partial charge in [0.15, 0.2) is 5.65 Å². The maximum Gasteiger partial charge on any atom is 0.258 e. The van der Waals surface area contributed by atoms with E-state index in [1.165, 1.54) is 0 Å². The van der Waals surface area contributed by atoms with Crippen LogP contribution in [-0.4, -0.2) is 44.2 Å². The molecule has 0 atom stereocenters. The molecule has 6 nitrogen and oxygen atoms in total. The van der Waals surface area contributed by atoms with Gasteiger partial charge in [0.2, 0.25) is 0 Å². The van der Waals surface area contributed by atoms with Crippen molar-refractivity contribution in [1.82, 2.24) is 24.1 Å². The third-order valence-corrected chi connectivity index (χ3v) is 6.04. The number of rotatable bonds is 2. The average molecular weight is 387 g/mol. The Morgan fingerprint density at radius 2 is 1.86 bits per heavy atom. The highest BCUT2D eigenvalue weighted by Crippen LogP contribution is 2.25. The van der Waals surface area contributed by atoms with Gasteiger partial charge in [-0.05, 0) is 82.0 Å². The molecule has 4 aromatic rings. The van der Waals surface area contributed by atoms with Crippen LogP contribution in [0.4, 0.5) is 0 Å². The Hall–Kier alpha value is -2.99. The van der Waals surface area contributed by atoms with Crippen molar-refractivity contribution in [2.45, 2.75) is 32.7 Å². The lowest BCUT2D eigenvalue weighted by Gasteiger charge is -2.30. The van der Waals surface area contributed by atoms with E-state index in [1.54, 1.807) is 0 Å².